The van der Waals surface area contributed by atoms with Crippen LogP contribution in [-0.2, 0) is 16.1 Å². The number of carbonyl (C=O) groups is 1. The number of nitrogens with one attached hydrogen (secondary N) is 2. The number of benzene rings is 1. The van der Waals surface area contributed by atoms with E-state index in [2.05, 4.69) is 47.7 Å². The smallest absolute Gasteiger partial charge is 0.310 e. The fourth-order valence-electron chi connectivity index (χ4n) is 2.06. The number of guanidine groups is 1. The maximum Gasteiger partial charge on any atom is 0.310 e. The van der Waals surface area contributed by atoms with Gasteiger partial charge in [-0.2, -0.15) is 0 Å². The highest BCUT2D eigenvalue weighted by Crippen LogP contribution is 2.11. The Labute approximate surface area is 133 Å². The molecule has 2 N–H and O–H groups in total. The zero-order valence-corrected chi connectivity index (χ0v) is 14.2. The van der Waals surface area contributed by atoms with Crippen molar-refractivity contribution < 1.29 is 9.53 Å². The Balaban J connectivity index is 2.67. The molecule has 5 nitrogen and oxygen atoms in total. The number of ether oxygens (including phenoxy) is 1. The molecule has 0 radical (unpaired) electrons. The summed E-state index contributed by atoms with van der Waals surface area (Å²) in [6.07, 6.45) is 0. The van der Waals surface area contributed by atoms with Gasteiger partial charge in [-0.3, -0.25) is 4.79 Å². The van der Waals surface area contributed by atoms with E-state index >= 15 is 0 Å². The molecule has 0 aliphatic rings. The van der Waals surface area contributed by atoms with Crippen molar-refractivity contribution in [1.29, 1.82) is 0 Å². The molecule has 22 heavy (non-hydrogen) atoms. The second kappa shape index (κ2) is 9.07. The highest BCUT2D eigenvalue weighted by Gasteiger charge is 2.13. The molecule has 1 aromatic rings. The molecule has 0 heterocycles. The van der Waals surface area contributed by atoms with Crippen LogP contribution in [0.2, 0.25) is 0 Å². The van der Waals surface area contributed by atoms with Crippen LogP contribution in [0.15, 0.2) is 23.2 Å². The number of aryl methyl sites for hydroxylation is 2. The largest absolute Gasteiger partial charge is 0.469 e. The highest BCUT2D eigenvalue weighted by molar-refractivity contribution is 5.80. The summed E-state index contributed by atoms with van der Waals surface area (Å²) >= 11 is 0. The fourth-order valence-corrected chi connectivity index (χ4v) is 2.06. The van der Waals surface area contributed by atoms with Gasteiger partial charge in [-0.25, -0.2) is 4.99 Å². The molecule has 0 amide bonds. The molecule has 0 aliphatic heterocycles. The lowest BCUT2D eigenvalue weighted by atomic mass is 10.1. The van der Waals surface area contributed by atoms with Gasteiger partial charge in [0.05, 0.1) is 19.6 Å². The van der Waals surface area contributed by atoms with Gasteiger partial charge < -0.3 is 15.4 Å². The van der Waals surface area contributed by atoms with Crippen molar-refractivity contribution in [3.8, 4) is 0 Å². The molecule has 1 aromatic carbocycles. The Hall–Kier alpha value is -2.04. The number of carbonyl (C=O) groups excluding carboxylic acids is 1. The molecule has 0 spiro atoms. The average molecular weight is 305 g/mol. The summed E-state index contributed by atoms with van der Waals surface area (Å²) in [6.45, 7) is 9.88. The Kier molecular flexibility index (Phi) is 7.43. The van der Waals surface area contributed by atoms with Crippen molar-refractivity contribution in [3.63, 3.8) is 0 Å². The van der Waals surface area contributed by atoms with Gasteiger partial charge in [0.1, 0.15) is 0 Å². The lowest BCUT2D eigenvalue weighted by Crippen LogP contribution is -2.40. The zero-order valence-electron chi connectivity index (χ0n) is 14.2. The van der Waals surface area contributed by atoms with Crippen LogP contribution in [0.25, 0.3) is 0 Å². The van der Waals surface area contributed by atoms with E-state index in [4.69, 9.17) is 4.74 Å². The summed E-state index contributed by atoms with van der Waals surface area (Å²) in [6, 6.07) is 6.36. The molecule has 1 rings (SSSR count). The van der Waals surface area contributed by atoms with Crippen LogP contribution in [0.1, 0.15) is 30.5 Å². The number of rotatable bonds is 6. The normalized spacial score (nSPS) is 12.7. The van der Waals surface area contributed by atoms with E-state index in [9.17, 15) is 4.79 Å². The third kappa shape index (κ3) is 5.76. The van der Waals surface area contributed by atoms with Gasteiger partial charge in [0.15, 0.2) is 5.96 Å². The summed E-state index contributed by atoms with van der Waals surface area (Å²) in [7, 11) is 1.40. The standard InChI is InChI=1S/C17H27N3O2/c1-6-18-17(19-10-14(4)16(21)22-5)20-11-15-8-7-12(2)9-13(15)3/h7-9,14H,6,10-11H2,1-5H3,(H2,18,19,20). The molecule has 0 aliphatic carbocycles. The van der Waals surface area contributed by atoms with E-state index in [0.717, 1.165) is 6.54 Å². The monoisotopic (exact) mass is 305 g/mol. The average Bonchev–Trinajstić information content (AvgIpc) is 2.50. The second-order valence-corrected chi connectivity index (χ2v) is 5.43. The third-order valence-electron chi connectivity index (χ3n) is 3.43. The van der Waals surface area contributed by atoms with Crippen LogP contribution in [0.4, 0.5) is 0 Å². The Morgan fingerprint density at radius 3 is 2.64 bits per heavy atom. The van der Waals surface area contributed by atoms with E-state index in [1.807, 2.05) is 13.8 Å². The minimum Gasteiger partial charge on any atom is -0.469 e. The van der Waals surface area contributed by atoms with Gasteiger partial charge in [-0.15, -0.1) is 0 Å². The first kappa shape index (κ1) is 18.0. The zero-order chi connectivity index (χ0) is 16.5. The Morgan fingerprint density at radius 1 is 1.32 bits per heavy atom. The van der Waals surface area contributed by atoms with Crippen molar-refractivity contribution in [2.45, 2.75) is 34.2 Å². The fraction of sp³-hybridized carbons (Fsp3) is 0.529. The lowest BCUT2D eigenvalue weighted by Gasteiger charge is -2.14. The maximum atomic E-state index is 11.4. The maximum absolute atomic E-state index is 11.4. The number of nitrogens with zero attached hydrogens (tertiary/aromatic N) is 1. The van der Waals surface area contributed by atoms with E-state index in [1.54, 1.807) is 0 Å². The summed E-state index contributed by atoms with van der Waals surface area (Å²) in [5, 5.41) is 6.36. The first-order chi connectivity index (χ1) is 10.5. The molecule has 0 saturated carbocycles. The molecule has 0 saturated heterocycles. The highest BCUT2D eigenvalue weighted by atomic mass is 16.5. The van der Waals surface area contributed by atoms with Gasteiger partial charge in [0.2, 0.25) is 0 Å². The van der Waals surface area contributed by atoms with Crippen LogP contribution in [0.3, 0.4) is 0 Å². The van der Waals surface area contributed by atoms with Gasteiger partial charge >= 0.3 is 5.97 Å². The Bertz CT molecular complexity index is 527. The van der Waals surface area contributed by atoms with Crippen molar-refractivity contribution in [2.75, 3.05) is 20.2 Å². The third-order valence-corrected chi connectivity index (χ3v) is 3.43. The number of methoxy groups -OCH3 is 1. The van der Waals surface area contributed by atoms with Gasteiger partial charge in [-0.1, -0.05) is 30.7 Å². The molecule has 5 heteroatoms. The molecular formula is C17H27N3O2. The number of aliphatic imine (C=N–C) groups is 1. The second-order valence-electron chi connectivity index (χ2n) is 5.43. The molecule has 0 fully saturated rings. The van der Waals surface area contributed by atoms with Crippen molar-refractivity contribution >= 4 is 11.9 Å². The topological polar surface area (TPSA) is 62.7 Å². The minimum atomic E-state index is -0.224. The summed E-state index contributed by atoms with van der Waals surface area (Å²) in [5.74, 6) is 0.269. The molecule has 122 valence electrons. The van der Waals surface area contributed by atoms with Crippen LogP contribution in [0.5, 0.6) is 0 Å². The SMILES string of the molecule is CCNC(=NCc1ccc(C)cc1C)NCC(C)C(=O)OC. The molecule has 1 unspecified atom stereocenters. The van der Waals surface area contributed by atoms with E-state index < -0.39 is 0 Å². The molecule has 0 aromatic heterocycles. The summed E-state index contributed by atoms with van der Waals surface area (Å²) in [4.78, 5) is 16.0. The predicted octanol–water partition coefficient (Wildman–Crippen LogP) is 2.17. The van der Waals surface area contributed by atoms with Crippen molar-refractivity contribution in [2.24, 2.45) is 10.9 Å². The van der Waals surface area contributed by atoms with Crippen LogP contribution in [-0.4, -0.2) is 32.1 Å². The van der Waals surface area contributed by atoms with Crippen LogP contribution < -0.4 is 10.6 Å². The minimum absolute atomic E-state index is 0.213. The molecule has 0 bridgehead atoms. The van der Waals surface area contributed by atoms with E-state index in [0.29, 0.717) is 19.0 Å². The van der Waals surface area contributed by atoms with Gasteiger partial charge in [0.25, 0.3) is 0 Å². The lowest BCUT2D eigenvalue weighted by molar-refractivity contribution is -0.144. The molecular weight excluding hydrogens is 278 g/mol. The summed E-state index contributed by atoms with van der Waals surface area (Å²) in [5.41, 5.74) is 3.69. The number of hydrogen-bond donors (Lipinski definition) is 2. The predicted molar refractivity (Wildman–Crippen MR) is 89.9 cm³/mol. The molecule has 1 atom stereocenters. The van der Waals surface area contributed by atoms with Gasteiger partial charge in [0, 0.05) is 13.1 Å². The van der Waals surface area contributed by atoms with Crippen LogP contribution >= 0.6 is 0 Å². The van der Waals surface area contributed by atoms with Crippen LogP contribution in [0, 0.1) is 19.8 Å². The van der Waals surface area contributed by atoms with Gasteiger partial charge in [-0.05, 0) is 31.9 Å². The summed E-state index contributed by atoms with van der Waals surface area (Å²) < 4.78 is 4.72. The Morgan fingerprint density at radius 2 is 2.05 bits per heavy atom. The number of esters is 1. The van der Waals surface area contributed by atoms with E-state index in [-0.39, 0.29) is 11.9 Å². The first-order valence-electron chi connectivity index (χ1n) is 7.64. The quantitative estimate of drug-likeness (QED) is 0.480. The van der Waals surface area contributed by atoms with Crippen molar-refractivity contribution in [3.05, 3.63) is 34.9 Å². The van der Waals surface area contributed by atoms with E-state index in [1.165, 1.54) is 23.8 Å². The van der Waals surface area contributed by atoms with Crippen molar-refractivity contribution in [1.82, 2.24) is 10.6 Å². The number of hydrogen-bond acceptors (Lipinski definition) is 3. The first-order valence-corrected chi connectivity index (χ1v) is 7.64.